The first-order valence-corrected chi connectivity index (χ1v) is 4.65. The average molecular weight is 197 g/mol. The van der Waals surface area contributed by atoms with E-state index in [2.05, 4.69) is 10.3 Å². The molecular formula is C9H15N3O2. The summed E-state index contributed by atoms with van der Waals surface area (Å²) in [6, 6.07) is 0. The highest BCUT2D eigenvalue weighted by atomic mass is 16.3. The Bertz CT molecular complexity index is 296. The van der Waals surface area contributed by atoms with Crippen LogP contribution in [0.25, 0.3) is 0 Å². The number of amides is 1. The van der Waals surface area contributed by atoms with Gasteiger partial charge in [0.15, 0.2) is 0 Å². The van der Waals surface area contributed by atoms with Crippen LogP contribution in [0.2, 0.25) is 0 Å². The van der Waals surface area contributed by atoms with E-state index >= 15 is 0 Å². The molecule has 0 aliphatic heterocycles. The molecule has 0 unspecified atom stereocenters. The Labute approximate surface area is 82.8 Å². The van der Waals surface area contributed by atoms with Crippen molar-refractivity contribution in [3.05, 3.63) is 18.2 Å². The van der Waals surface area contributed by atoms with Crippen molar-refractivity contribution >= 4 is 5.91 Å². The molecule has 0 aliphatic carbocycles. The minimum atomic E-state index is -0.145. The lowest BCUT2D eigenvalue weighted by atomic mass is 10.4. The Kier molecular flexibility index (Phi) is 4.12. The summed E-state index contributed by atoms with van der Waals surface area (Å²) in [6.45, 7) is 2.75. The van der Waals surface area contributed by atoms with E-state index in [-0.39, 0.29) is 19.1 Å². The van der Waals surface area contributed by atoms with Crippen molar-refractivity contribution in [2.24, 2.45) is 0 Å². The molecule has 1 aromatic heterocycles. The van der Waals surface area contributed by atoms with Gasteiger partial charge in [-0.05, 0) is 6.42 Å². The first kappa shape index (κ1) is 10.7. The van der Waals surface area contributed by atoms with Gasteiger partial charge in [-0.1, -0.05) is 6.92 Å². The monoisotopic (exact) mass is 197 g/mol. The van der Waals surface area contributed by atoms with E-state index in [1.54, 1.807) is 17.0 Å². The molecule has 0 bridgehead atoms. The van der Waals surface area contributed by atoms with Gasteiger partial charge < -0.3 is 15.0 Å². The van der Waals surface area contributed by atoms with E-state index in [1.807, 2.05) is 6.92 Å². The smallest absolute Gasteiger partial charge is 0.239 e. The Hall–Kier alpha value is -1.36. The van der Waals surface area contributed by atoms with Gasteiger partial charge in [0.25, 0.3) is 0 Å². The summed E-state index contributed by atoms with van der Waals surface area (Å²) in [5, 5.41) is 11.6. The zero-order valence-electron chi connectivity index (χ0n) is 8.23. The van der Waals surface area contributed by atoms with Gasteiger partial charge in [0, 0.05) is 18.9 Å². The van der Waals surface area contributed by atoms with Crippen LogP contribution in [0, 0.1) is 0 Å². The minimum Gasteiger partial charge on any atom is -0.388 e. The highest BCUT2D eigenvalue weighted by Crippen LogP contribution is 1.96. The van der Waals surface area contributed by atoms with E-state index in [1.165, 1.54) is 0 Å². The van der Waals surface area contributed by atoms with E-state index < -0.39 is 0 Å². The lowest BCUT2D eigenvalue weighted by Crippen LogP contribution is -2.28. The van der Waals surface area contributed by atoms with Gasteiger partial charge in [0.05, 0.1) is 0 Å². The maximum atomic E-state index is 11.3. The van der Waals surface area contributed by atoms with Crippen LogP contribution in [0.3, 0.4) is 0 Å². The van der Waals surface area contributed by atoms with Gasteiger partial charge in [-0.3, -0.25) is 4.79 Å². The molecule has 0 aromatic carbocycles. The molecule has 1 amide bonds. The highest BCUT2D eigenvalue weighted by Gasteiger charge is 2.05. The lowest BCUT2D eigenvalue weighted by Gasteiger charge is -2.06. The predicted octanol–water partition coefficient (Wildman–Crippen LogP) is -0.0984. The molecule has 0 radical (unpaired) electrons. The van der Waals surface area contributed by atoms with Crippen molar-refractivity contribution in [2.45, 2.75) is 26.5 Å². The summed E-state index contributed by atoms with van der Waals surface area (Å²) in [7, 11) is 0. The molecule has 78 valence electrons. The van der Waals surface area contributed by atoms with E-state index in [4.69, 9.17) is 5.11 Å². The Morgan fingerprint density at radius 3 is 3.14 bits per heavy atom. The molecule has 1 heterocycles. The van der Waals surface area contributed by atoms with Gasteiger partial charge in [0.2, 0.25) is 5.91 Å². The third kappa shape index (κ3) is 2.85. The van der Waals surface area contributed by atoms with E-state index in [0.29, 0.717) is 12.4 Å². The standard InChI is InChI=1S/C9H15N3O2/c1-2-3-11-9(14)6-12-5-4-10-8(12)7-13/h4-5,13H,2-3,6-7H2,1H3,(H,11,14). The third-order valence-electron chi connectivity index (χ3n) is 1.83. The number of rotatable bonds is 5. The maximum Gasteiger partial charge on any atom is 0.239 e. The molecule has 1 rings (SSSR count). The second-order valence-electron chi connectivity index (χ2n) is 2.98. The Morgan fingerprint density at radius 2 is 2.50 bits per heavy atom. The number of imidazole rings is 1. The third-order valence-corrected chi connectivity index (χ3v) is 1.83. The van der Waals surface area contributed by atoms with Crippen LogP contribution >= 0.6 is 0 Å². The van der Waals surface area contributed by atoms with Gasteiger partial charge in [0.1, 0.15) is 19.0 Å². The summed E-state index contributed by atoms with van der Waals surface area (Å²) in [6.07, 6.45) is 4.16. The molecule has 0 aliphatic rings. The summed E-state index contributed by atoms with van der Waals surface area (Å²) in [5.41, 5.74) is 0. The van der Waals surface area contributed by atoms with Crippen molar-refractivity contribution in [3.63, 3.8) is 0 Å². The zero-order chi connectivity index (χ0) is 10.4. The summed E-state index contributed by atoms with van der Waals surface area (Å²) in [4.78, 5) is 15.2. The first-order chi connectivity index (χ1) is 6.77. The molecular weight excluding hydrogens is 182 g/mol. The summed E-state index contributed by atoms with van der Waals surface area (Å²) >= 11 is 0. The number of aliphatic hydroxyl groups excluding tert-OH is 1. The summed E-state index contributed by atoms with van der Waals surface area (Å²) < 4.78 is 1.63. The van der Waals surface area contributed by atoms with Crippen LogP contribution in [0.4, 0.5) is 0 Å². The summed E-state index contributed by atoms with van der Waals surface area (Å²) in [5.74, 6) is 0.455. The number of nitrogens with one attached hydrogen (secondary N) is 1. The van der Waals surface area contributed by atoms with Crippen LogP contribution in [0.15, 0.2) is 12.4 Å². The molecule has 0 spiro atoms. The fourth-order valence-corrected chi connectivity index (χ4v) is 1.11. The highest BCUT2D eigenvalue weighted by molar-refractivity contribution is 5.75. The van der Waals surface area contributed by atoms with E-state index in [9.17, 15) is 4.79 Å². The second kappa shape index (κ2) is 5.39. The van der Waals surface area contributed by atoms with E-state index in [0.717, 1.165) is 6.42 Å². The topological polar surface area (TPSA) is 67.2 Å². The lowest BCUT2D eigenvalue weighted by molar-refractivity contribution is -0.121. The zero-order valence-corrected chi connectivity index (χ0v) is 8.23. The SMILES string of the molecule is CCCNC(=O)Cn1ccnc1CO. The van der Waals surface area contributed by atoms with Crippen LogP contribution in [-0.2, 0) is 17.9 Å². The van der Waals surface area contributed by atoms with Crippen molar-refractivity contribution in [1.29, 1.82) is 0 Å². The molecule has 1 aromatic rings. The molecule has 5 heteroatoms. The second-order valence-corrected chi connectivity index (χ2v) is 2.98. The Morgan fingerprint density at radius 1 is 1.71 bits per heavy atom. The van der Waals surface area contributed by atoms with Crippen LogP contribution < -0.4 is 5.32 Å². The number of aromatic nitrogens is 2. The Balaban J connectivity index is 2.47. The normalized spacial score (nSPS) is 10.1. The fraction of sp³-hybridized carbons (Fsp3) is 0.556. The van der Waals surface area contributed by atoms with Gasteiger partial charge in [-0.25, -0.2) is 4.98 Å². The van der Waals surface area contributed by atoms with Crippen molar-refractivity contribution in [2.75, 3.05) is 6.54 Å². The fourth-order valence-electron chi connectivity index (χ4n) is 1.11. The first-order valence-electron chi connectivity index (χ1n) is 4.65. The van der Waals surface area contributed by atoms with Crippen molar-refractivity contribution in [3.8, 4) is 0 Å². The maximum absolute atomic E-state index is 11.3. The van der Waals surface area contributed by atoms with Crippen molar-refractivity contribution < 1.29 is 9.90 Å². The number of aliphatic hydroxyl groups is 1. The van der Waals surface area contributed by atoms with Crippen LogP contribution in [0.5, 0.6) is 0 Å². The molecule has 0 saturated heterocycles. The van der Waals surface area contributed by atoms with Crippen LogP contribution in [-0.4, -0.2) is 27.1 Å². The number of hydrogen-bond acceptors (Lipinski definition) is 3. The largest absolute Gasteiger partial charge is 0.388 e. The van der Waals surface area contributed by atoms with Gasteiger partial charge >= 0.3 is 0 Å². The molecule has 2 N–H and O–H groups in total. The number of nitrogens with zero attached hydrogens (tertiary/aromatic N) is 2. The van der Waals surface area contributed by atoms with Crippen molar-refractivity contribution in [1.82, 2.24) is 14.9 Å². The molecule has 0 atom stereocenters. The number of carbonyl (C=O) groups is 1. The molecule has 0 fully saturated rings. The minimum absolute atomic E-state index is 0.0560. The number of hydrogen-bond donors (Lipinski definition) is 2. The molecule has 5 nitrogen and oxygen atoms in total. The average Bonchev–Trinajstić information content (AvgIpc) is 2.62. The quantitative estimate of drug-likeness (QED) is 0.692. The van der Waals surface area contributed by atoms with Crippen LogP contribution in [0.1, 0.15) is 19.2 Å². The molecule has 0 saturated carbocycles. The number of carbonyl (C=O) groups excluding carboxylic acids is 1. The van der Waals surface area contributed by atoms with Gasteiger partial charge in [-0.2, -0.15) is 0 Å². The predicted molar refractivity (Wildman–Crippen MR) is 51.5 cm³/mol. The molecule has 14 heavy (non-hydrogen) atoms. The van der Waals surface area contributed by atoms with Gasteiger partial charge in [-0.15, -0.1) is 0 Å².